The molecule has 0 bridgehead atoms. The zero-order valence-corrected chi connectivity index (χ0v) is 13.9. The molecule has 2 aliphatic heterocycles. The van der Waals surface area contributed by atoms with Gasteiger partial charge in [0.15, 0.2) is 0 Å². The summed E-state index contributed by atoms with van der Waals surface area (Å²) in [5.41, 5.74) is 0.890. The van der Waals surface area contributed by atoms with Crippen molar-refractivity contribution in [2.45, 2.75) is 45.1 Å². The maximum absolute atomic E-state index is 12.3. The number of likely N-dealkylation sites (tertiary alicyclic amines) is 1. The number of hydrogen-bond acceptors (Lipinski definition) is 5. The molecule has 2 saturated heterocycles. The Kier molecular flexibility index (Phi) is 5.67. The molecule has 1 amide bonds. The summed E-state index contributed by atoms with van der Waals surface area (Å²) in [6.07, 6.45) is 5.73. The highest BCUT2D eigenvalue weighted by atomic mass is 16.5. The lowest BCUT2D eigenvalue weighted by Crippen LogP contribution is -2.45. The Bertz CT molecular complexity index is 509. The van der Waals surface area contributed by atoms with Gasteiger partial charge in [-0.2, -0.15) is 0 Å². The maximum Gasteiger partial charge on any atom is 0.234 e. The average Bonchev–Trinajstić information content (AvgIpc) is 3.03. The van der Waals surface area contributed by atoms with Gasteiger partial charge in [0.2, 0.25) is 5.91 Å². The van der Waals surface area contributed by atoms with Gasteiger partial charge < -0.3 is 14.6 Å². The largest absolute Gasteiger partial charge is 0.379 e. The highest BCUT2D eigenvalue weighted by Crippen LogP contribution is 2.20. The predicted molar refractivity (Wildman–Crippen MR) is 86.1 cm³/mol. The van der Waals surface area contributed by atoms with Crippen LogP contribution in [0.2, 0.25) is 0 Å². The molecule has 1 aromatic heterocycles. The Morgan fingerprint density at radius 3 is 2.78 bits per heavy atom. The normalized spacial score (nSPS) is 26.1. The fraction of sp³-hybridized carbons (Fsp3) is 0.765. The van der Waals surface area contributed by atoms with Crippen LogP contribution >= 0.6 is 0 Å². The van der Waals surface area contributed by atoms with Gasteiger partial charge in [-0.15, -0.1) is 0 Å². The molecule has 6 nitrogen and oxygen atoms in total. The van der Waals surface area contributed by atoms with E-state index in [1.54, 1.807) is 0 Å². The first-order valence-corrected chi connectivity index (χ1v) is 8.72. The topological polar surface area (TPSA) is 67.6 Å². The van der Waals surface area contributed by atoms with E-state index in [4.69, 9.17) is 9.26 Å². The molecule has 0 saturated carbocycles. The van der Waals surface area contributed by atoms with Crippen LogP contribution in [0.25, 0.3) is 0 Å². The van der Waals surface area contributed by atoms with Gasteiger partial charge in [-0.05, 0) is 32.9 Å². The lowest BCUT2D eigenvalue weighted by atomic mass is 9.98. The molecular formula is C17H27N3O3. The summed E-state index contributed by atoms with van der Waals surface area (Å²) in [5, 5.41) is 7.08. The van der Waals surface area contributed by atoms with Crippen molar-refractivity contribution in [1.29, 1.82) is 0 Å². The number of carbonyl (C=O) groups excluding carboxylic acids is 1. The van der Waals surface area contributed by atoms with Gasteiger partial charge in [-0.3, -0.25) is 9.69 Å². The van der Waals surface area contributed by atoms with Crippen molar-refractivity contribution in [3.05, 3.63) is 17.5 Å². The minimum atomic E-state index is 0.0693. The van der Waals surface area contributed by atoms with Crippen LogP contribution < -0.4 is 5.32 Å². The molecule has 23 heavy (non-hydrogen) atoms. The summed E-state index contributed by atoms with van der Waals surface area (Å²) >= 11 is 0. The van der Waals surface area contributed by atoms with E-state index in [0.29, 0.717) is 19.8 Å². The second-order valence-corrected chi connectivity index (χ2v) is 6.80. The van der Waals surface area contributed by atoms with Crippen molar-refractivity contribution in [2.75, 3.05) is 32.8 Å². The zero-order chi connectivity index (χ0) is 16.1. The van der Waals surface area contributed by atoms with Crippen LogP contribution in [0.1, 0.15) is 37.1 Å². The smallest absolute Gasteiger partial charge is 0.234 e. The summed E-state index contributed by atoms with van der Waals surface area (Å²) in [5.74, 6) is 1.24. The number of nitrogens with zero attached hydrogens (tertiary/aromatic N) is 2. The minimum absolute atomic E-state index is 0.0693. The molecule has 3 heterocycles. The van der Waals surface area contributed by atoms with E-state index in [2.05, 4.69) is 15.4 Å². The number of carbonyl (C=O) groups is 1. The second kappa shape index (κ2) is 7.93. The Morgan fingerprint density at radius 1 is 1.30 bits per heavy atom. The average molecular weight is 321 g/mol. The summed E-state index contributed by atoms with van der Waals surface area (Å²) < 4.78 is 10.9. The number of nitrogens with one attached hydrogen (secondary N) is 1. The molecule has 3 rings (SSSR count). The molecule has 6 heteroatoms. The van der Waals surface area contributed by atoms with Crippen molar-refractivity contribution in [1.82, 2.24) is 15.4 Å². The number of amides is 1. The van der Waals surface area contributed by atoms with Crippen LogP contribution in [0.15, 0.2) is 10.6 Å². The van der Waals surface area contributed by atoms with Gasteiger partial charge >= 0.3 is 0 Å². The second-order valence-electron chi connectivity index (χ2n) is 6.80. The maximum atomic E-state index is 12.3. The van der Waals surface area contributed by atoms with Gasteiger partial charge in [-0.25, -0.2) is 0 Å². The molecule has 0 spiro atoms. The molecule has 1 N–H and O–H groups in total. The van der Waals surface area contributed by atoms with Gasteiger partial charge in [-0.1, -0.05) is 18.0 Å². The van der Waals surface area contributed by atoms with E-state index >= 15 is 0 Å². The van der Waals surface area contributed by atoms with Crippen LogP contribution in [0, 0.1) is 12.8 Å². The Labute approximate surface area is 137 Å². The number of rotatable bonds is 5. The monoisotopic (exact) mass is 321 g/mol. The third-order valence-electron chi connectivity index (χ3n) is 4.75. The Hall–Kier alpha value is -1.40. The molecule has 0 aliphatic carbocycles. The van der Waals surface area contributed by atoms with Crippen molar-refractivity contribution in [3.8, 4) is 0 Å². The van der Waals surface area contributed by atoms with Crippen molar-refractivity contribution >= 4 is 5.91 Å². The Balaban J connectivity index is 1.48. The van der Waals surface area contributed by atoms with Crippen LogP contribution in [0.4, 0.5) is 0 Å². The first kappa shape index (κ1) is 16.5. The van der Waals surface area contributed by atoms with E-state index in [-0.39, 0.29) is 17.9 Å². The van der Waals surface area contributed by atoms with Crippen molar-refractivity contribution in [2.24, 2.45) is 5.92 Å². The lowest BCUT2D eigenvalue weighted by molar-refractivity contribution is -0.123. The van der Waals surface area contributed by atoms with Crippen LogP contribution in [0.3, 0.4) is 0 Å². The van der Waals surface area contributed by atoms with Gasteiger partial charge in [0.05, 0.1) is 31.5 Å². The third-order valence-corrected chi connectivity index (χ3v) is 4.75. The summed E-state index contributed by atoms with van der Waals surface area (Å²) in [7, 11) is 0. The first-order valence-electron chi connectivity index (χ1n) is 8.72. The van der Waals surface area contributed by atoms with E-state index in [1.807, 2.05) is 13.0 Å². The predicted octanol–water partition coefficient (Wildman–Crippen LogP) is 1.53. The Morgan fingerprint density at radius 2 is 2.09 bits per heavy atom. The number of aromatic nitrogens is 1. The summed E-state index contributed by atoms with van der Waals surface area (Å²) in [6, 6.07) is 2.02. The summed E-state index contributed by atoms with van der Waals surface area (Å²) in [4.78, 5) is 14.6. The lowest BCUT2D eigenvalue weighted by Gasteiger charge is -2.22. The van der Waals surface area contributed by atoms with Crippen molar-refractivity contribution in [3.63, 3.8) is 0 Å². The third kappa shape index (κ3) is 4.78. The molecule has 2 atom stereocenters. The van der Waals surface area contributed by atoms with E-state index < -0.39 is 0 Å². The molecule has 2 fully saturated rings. The quantitative estimate of drug-likeness (QED) is 0.891. The van der Waals surface area contributed by atoms with E-state index in [9.17, 15) is 4.79 Å². The van der Waals surface area contributed by atoms with E-state index in [1.165, 1.54) is 25.7 Å². The number of ether oxygens (including phenoxy) is 1. The van der Waals surface area contributed by atoms with Gasteiger partial charge in [0.1, 0.15) is 5.76 Å². The summed E-state index contributed by atoms with van der Waals surface area (Å²) in [6.45, 7) is 5.74. The number of hydrogen-bond donors (Lipinski definition) is 1. The fourth-order valence-electron chi connectivity index (χ4n) is 3.48. The molecule has 2 aliphatic rings. The SMILES string of the molecule is Cc1cc(C[C@@H]2COC[C@@H]2NC(=O)CN2CCCCCC2)on1. The molecule has 0 unspecified atom stereocenters. The molecule has 0 radical (unpaired) electrons. The highest BCUT2D eigenvalue weighted by molar-refractivity contribution is 5.78. The minimum Gasteiger partial charge on any atom is -0.379 e. The van der Waals surface area contributed by atoms with Crippen molar-refractivity contribution < 1.29 is 14.1 Å². The first-order chi connectivity index (χ1) is 11.2. The van der Waals surface area contributed by atoms with Gasteiger partial charge in [0, 0.05) is 18.4 Å². The van der Waals surface area contributed by atoms with E-state index in [0.717, 1.165) is 31.0 Å². The van der Waals surface area contributed by atoms with Crippen LogP contribution in [0.5, 0.6) is 0 Å². The van der Waals surface area contributed by atoms with Gasteiger partial charge in [0.25, 0.3) is 0 Å². The van der Waals surface area contributed by atoms with Crippen LogP contribution in [-0.2, 0) is 16.0 Å². The zero-order valence-electron chi connectivity index (χ0n) is 13.9. The molecule has 0 aromatic carbocycles. The molecule has 1 aromatic rings. The molecular weight excluding hydrogens is 294 g/mol. The number of aryl methyl sites for hydroxylation is 1. The fourth-order valence-corrected chi connectivity index (χ4v) is 3.48. The van der Waals surface area contributed by atoms with Crippen LogP contribution in [-0.4, -0.2) is 54.9 Å². The highest BCUT2D eigenvalue weighted by Gasteiger charge is 2.31. The molecule has 128 valence electrons. The standard InChI is InChI=1S/C17H27N3O3/c1-13-8-15(23-19-13)9-14-11-22-12-16(14)18-17(21)10-20-6-4-2-3-5-7-20/h8,14,16H,2-7,9-12H2,1H3,(H,18,21)/t14-,16+/m1/s1.